The molecule has 0 amide bonds. The van der Waals surface area contributed by atoms with Crippen LogP contribution in [0.15, 0.2) is 24.3 Å². The molecule has 0 heterocycles. The Kier molecular flexibility index (Phi) is 5.06. The van der Waals surface area contributed by atoms with Gasteiger partial charge in [-0.05, 0) is 23.8 Å². The fourth-order valence-electron chi connectivity index (χ4n) is 1.62. The molecule has 0 fully saturated rings. The van der Waals surface area contributed by atoms with Gasteiger partial charge in [0, 0.05) is 24.7 Å². The number of benzene rings is 1. The van der Waals surface area contributed by atoms with Crippen LogP contribution in [-0.2, 0) is 0 Å². The van der Waals surface area contributed by atoms with Gasteiger partial charge in [0.05, 0.1) is 4.92 Å². The second-order valence-electron chi connectivity index (χ2n) is 6.09. The lowest BCUT2D eigenvalue weighted by Crippen LogP contribution is -2.34. The fourth-order valence-corrected chi connectivity index (χ4v) is 1.62. The van der Waals surface area contributed by atoms with Crippen LogP contribution in [0.25, 0.3) is 0 Å². The SMILES string of the molecule is CC(NCC(C)(C)C(C)C)c1ccc([N+](=O)[O-])cc1. The first kappa shape index (κ1) is 15.6. The zero-order valence-electron chi connectivity index (χ0n) is 12.4. The Morgan fingerprint density at radius 1 is 1.21 bits per heavy atom. The van der Waals surface area contributed by atoms with Gasteiger partial charge in [0.25, 0.3) is 5.69 Å². The largest absolute Gasteiger partial charge is 0.310 e. The van der Waals surface area contributed by atoms with Gasteiger partial charge in [0.15, 0.2) is 0 Å². The molecule has 0 aliphatic rings. The molecule has 1 unspecified atom stereocenters. The molecule has 1 atom stereocenters. The van der Waals surface area contributed by atoms with E-state index < -0.39 is 0 Å². The van der Waals surface area contributed by atoms with Gasteiger partial charge >= 0.3 is 0 Å². The summed E-state index contributed by atoms with van der Waals surface area (Å²) in [5, 5.41) is 14.1. The van der Waals surface area contributed by atoms with E-state index in [4.69, 9.17) is 0 Å². The number of nitrogens with one attached hydrogen (secondary N) is 1. The van der Waals surface area contributed by atoms with Crippen LogP contribution in [-0.4, -0.2) is 11.5 Å². The van der Waals surface area contributed by atoms with Crippen molar-refractivity contribution >= 4 is 5.69 Å². The minimum absolute atomic E-state index is 0.137. The summed E-state index contributed by atoms with van der Waals surface area (Å²) < 4.78 is 0. The summed E-state index contributed by atoms with van der Waals surface area (Å²) in [5.74, 6) is 0.601. The maximum Gasteiger partial charge on any atom is 0.269 e. The van der Waals surface area contributed by atoms with Gasteiger partial charge in [-0.15, -0.1) is 0 Å². The van der Waals surface area contributed by atoms with E-state index in [1.165, 1.54) is 0 Å². The summed E-state index contributed by atoms with van der Waals surface area (Å²) in [4.78, 5) is 10.2. The molecule has 1 rings (SSSR count). The van der Waals surface area contributed by atoms with E-state index in [2.05, 4.69) is 39.9 Å². The topological polar surface area (TPSA) is 55.2 Å². The third kappa shape index (κ3) is 4.31. The Bertz CT molecular complexity index is 424. The van der Waals surface area contributed by atoms with Crippen molar-refractivity contribution in [1.29, 1.82) is 0 Å². The minimum Gasteiger partial charge on any atom is -0.310 e. The van der Waals surface area contributed by atoms with Crippen LogP contribution in [0.3, 0.4) is 0 Å². The first-order valence-electron chi connectivity index (χ1n) is 6.72. The Morgan fingerprint density at radius 3 is 2.16 bits per heavy atom. The highest BCUT2D eigenvalue weighted by Gasteiger charge is 2.22. The number of hydrogen-bond donors (Lipinski definition) is 1. The molecule has 4 nitrogen and oxygen atoms in total. The quantitative estimate of drug-likeness (QED) is 0.625. The summed E-state index contributed by atoms with van der Waals surface area (Å²) in [5.41, 5.74) is 1.44. The highest BCUT2D eigenvalue weighted by molar-refractivity contribution is 5.34. The van der Waals surface area contributed by atoms with Crippen LogP contribution < -0.4 is 5.32 Å². The van der Waals surface area contributed by atoms with Gasteiger partial charge in [-0.2, -0.15) is 0 Å². The van der Waals surface area contributed by atoms with Crippen molar-refractivity contribution in [1.82, 2.24) is 5.32 Å². The van der Waals surface area contributed by atoms with Crippen LogP contribution in [0.5, 0.6) is 0 Å². The molecule has 0 saturated carbocycles. The Labute approximate surface area is 115 Å². The second-order valence-corrected chi connectivity index (χ2v) is 6.09. The summed E-state index contributed by atoms with van der Waals surface area (Å²) in [7, 11) is 0. The van der Waals surface area contributed by atoms with Gasteiger partial charge in [-0.3, -0.25) is 10.1 Å². The van der Waals surface area contributed by atoms with Crippen molar-refractivity contribution in [2.24, 2.45) is 11.3 Å². The van der Waals surface area contributed by atoms with E-state index in [-0.39, 0.29) is 22.1 Å². The van der Waals surface area contributed by atoms with Crippen molar-refractivity contribution < 1.29 is 4.92 Å². The Balaban J connectivity index is 2.63. The van der Waals surface area contributed by atoms with Crippen LogP contribution in [0.2, 0.25) is 0 Å². The summed E-state index contributed by atoms with van der Waals surface area (Å²) >= 11 is 0. The van der Waals surface area contributed by atoms with Crippen molar-refractivity contribution in [2.45, 2.75) is 40.7 Å². The molecule has 1 aromatic rings. The summed E-state index contributed by atoms with van der Waals surface area (Å²) in [6, 6.07) is 6.94. The van der Waals surface area contributed by atoms with Gasteiger partial charge in [-0.1, -0.05) is 39.8 Å². The molecule has 0 bridgehead atoms. The van der Waals surface area contributed by atoms with Gasteiger partial charge in [0.1, 0.15) is 0 Å². The molecule has 1 aromatic carbocycles. The third-order valence-electron chi connectivity index (χ3n) is 4.03. The molecule has 0 aliphatic carbocycles. The van der Waals surface area contributed by atoms with Crippen molar-refractivity contribution in [2.75, 3.05) is 6.54 Å². The predicted octanol–water partition coefficient (Wildman–Crippen LogP) is 3.93. The Hall–Kier alpha value is -1.42. The third-order valence-corrected chi connectivity index (χ3v) is 4.03. The molecule has 4 heteroatoms. The molecular formula is C15H24N2O2. The smallest absolute Gasteiger partial charge is 0.269 e. The average molecular weight is 264 g/mol. The van der Waals surface area contributed by atoms with Crippen LogP contribution in [0.4, 0.5) is 5.69 Å². The first-order chi connectivity index (χ1) is 8.74. The normalized spacial score (nSPS) is 13.6. The molecule has 0 aromatic heterocycles. The predicted molar refractivity (Wildman–Crippen MR) is 78.1 cm³/mol. The monoisotopic (exact) mass is 264 g/mol. The van der Waals surface area contributed by atoms with Crippen LogP contribution in [0.1, 0.15) is 46.2 Å². The zero-order chi connectivity index (χ0) is 14.6. The lowest BCUT2D eigenvalue weighted by atomic mass is 9.81. The fraction of sp³-hybridized carbons (Fsp3) is 0.600. The summed E-state index contributed by atoms with van der Waals surface area (Å²) in [6.07, 6.45) is 0. The van der Waals surface area contributed by atoms with Crippen molar-refractivity contribution in [3.8, 4) is 0 Å². The summed E-state index contributed by atoms with van der Waals surface area (Å²) in [6.45, 7) is 11.9. The number of hydrogen-bond acceptors (Lipinski definition) is 3. The maximum atomic E-state index is 10.6. The van der Waals surface area contributed by atoms with Crippen LogP contribution >= 0.6 is 0 Å². The van der Waals surface area contributed by atoms with E-state index in [1.54, 1.807) is 12.1 Å². The lowest BCUT2D eigenvalue weighted by Gasteiger charge is -2.31. The molecule has 0 saturated heterocycles. The van der Waals surface area contributed by atoms with Crippen LogP contribution in [0, 0.1) is 21.4 Å². The van der Waals surface area contributed by atoms with E-state index in [1.807, 2.05) is 12.1 Å². The second kappa shape index (κ2) is 6.15. The standard InChI is InChI=1S/C15H24N2O2/c1-11(2)15(4,5)10-16-12(3)13-6-8-14(9-7-13)17(18)19/h6-9,11-12,16H,10H2,1-5H3. The zero-order valence-corrected chi connectivity index (χ0v) is 12.4. The van der Waals surface area contributed by atoms with E-state index >= 15 is 0 Å². The number of nitrogens with zero attached hydrogens (tertiary/aromatic N) is 1. The number of nitro groups is 1. The van der Waals surface area contributed by atoms with Gasteiger partial charge in [-0.25, -0.2) is 0 Å². The number of rotatable bonds is 6. The molecule has 0 spiro atoms. The number of non-ortho nitro benzene ring substituents is 1. The van der Waals surface area contributed by atoms with Gasteiger partial charge < -0.3 is 5.32 Å². The highest BCUT2D eigenvalue weighted by Crippen LogP contribution is 2.26. The number of nitro benzene ring substituents is 1. The lowest BCUT2D eigenvalue weighted by molar-refractivity contribution is -0.384. The Morgan fingerprint density at radius 2 is 1.74 bits per heavy atom. The van der Waals surface area contributed by atoms with E-state index in [0.717, 1.165) is 12.1 Å². The van der Waals surface area contributed by atoms with Crippen molar-refractivity contribution in [3.05, 3.63) is 39.9 Å². The van der Waals surface area contributed by atoms with Gasteiger partial charge in [0.2, 0.25) is 0 Å². The highest BCUT2D eigenvalue weighted by atomic mass is 16.6. The van der Waals surface area contributed by atoms with Crippen molar-refractivity contribution in [3.63, 3.8) is 0 Å². The average Bonchev–Trinajstić information content (AvgIpc) is 2.36. The molecular weight excluding hydrogens is 240 g/mol. The van der Waals surface area contributed by atoms with E-state index in [0.29, 0.717) is 5.92 Å². The minimum atomic E-state index is -0.371. The molecule has 19 heavy (non-hydrogen) atoms. The molecule has 1 N–H and O–H groups in total. The van der Waals surface area contributed by atoms with E-state index in [9.17, 15) is 10.1 Å². The molecule has 106 valence electrons. The molecule has 0 radical (unpaired) electrons. The first-order valence-corrected chi connectivity index (χ1v) is 6.72. The molecule has 0 aliphatic heterocycles. The maximum absolute atomic E-state index is 10.6.